The van der Waals surface area contributed by atoms with Crippen LogP contribution in [0.25, 0.3) is 0 Å². The molecule has 0 aromatic heterocycles. The van der Waals surface area contributed by atoms with Crippen molar-refractivity contribution in [3.05, 3.63) is 12.7 Å². The third-order valence-electron chi connectivity index (χ3n) is 4.21. The van der Waals surface area contributed by atoms with Gasteiger partial charge in [-0.3, -0.25) is 4.79 Å². The molecule has 0 unspecified atom stereocenters. The van der Waals surface area contributed by atoms with Gasteiger partial charge in [0, 0.05) is 25.7 Å². The summed E-state index contributed by atoms with van der Waals surface area (Å²) in [5.41, 5.74) is -0.681. The second-order valence-electron chi connectivity index (χ2n) is 5.81. The largest absolute Gasteiger partial charge is 0.481 e. The van der Waals surface area contributed by atoms with Gasteiger partial charge in [-0.2, -0.15) is 0 Å². The molecule has 0 spiro atoms. The Kier molecular flexibility index (Phi) is 3.83. The first-order valence-corrected chi connectivity index (χ1v) is 6.88. The van der Waals surface area contributed by atoms with Gasteiger partial charge in [0.1, 0.15) is 0 Å². The third-order valence-corrected chi connectivity index (χ3v) is 4.21. The van der Waals surface area contributed by atoms with Crippen molar-refractivity contribution in [2.75, 3.05) is 19.6 Å². The molecule has 1 heterocycles. The van der Waals surface area contributed by atoms with E-state index in [4.69, 9.17) is 0 Å². The Morgan fingerprint density at radius 3 is 2.42 bits per heavy atom. The van der Waals surface area contributed by atoms with Crippen molar-refractivity contribution in [3.63, 3.8) is 0 Å². The smallest absolute Gasteiger partial charge is 0.320 e. The van der Waals surface area contributed by atoms with Crippen LogP contribution in [0.1, 0.15) is 32.6 Å². The zero-order valence-electron chi connectivity index (χ0n) is 11.5. The van der Waals surface area contributed by atoms with Crippen molar-refractivity contribution in [3.8, 4) is 0 Å². The van der Waals surface area contributed by atoms with Crippen molar-refractivity contribution in [2.45, 2.75) is 38.6 Å². The van der Waals surface area contributed by atoms with E-state index in [2.05, 4.69) is 6.58 Å². The van der Waals surface area contributed by atoms with E-state index >= 15 is 0 Å². The summed E-state index contributed by atoms with van der Waals surface area (Å²) in [7, 11) is 0. The quantitative estimate of drug-likeness (QED) is 0.791. The molecule has 19 heavy (non-hydrogen) atoms. The zero-order valence-corrected chi connectivity index (χ0v) is 11.5. The first kappa shape index (κ1) is 13.9. The molecule has 1 saturated carbocycles. The molecule has 0 aromatic rings. The van der Waals surface area contributed by atoms with E-state index in [1.165, 1.54) is 0 Å². The molecule has 106 valence electrons. The Hall–Kier alpha value is -1.52. The summed E-state index contributed by atoms with van der Waals surface area (Å²) < 4.78 is 0. The fourth-order valence-corrected chi connectivity index (χ4v) is 2.50. The number of carbonyl (C=O) groups excluding carboxylic acids is 1. The van der Waals surface area contributed by atoms with Crippen molar-refractivity contribution in [2.24, 2.45) is 5.41 Å². The normalized spacial score (nSPS) is 21.8. The first-order chi connectivity index (χ1) is 8.98. The molecular formula is C14H22N2O3. The fraction of sp³-hybridized carbons (Fsp3) is 0.714. The van der Waals surface area contributed by atoms with Gasteiger partial charge in [0.15, 0.2) is 0 Å². The molecule has 5 nitrogen and oxygen atoms in total. The number of hydrogen-bond donors (Lipinski definition) is 1. The number of amides is 2. The Morgan fingerprint density at radius 2 is 2.00 bits per heavy atom. The molecule has 0 aromatic carbocycles. The molecular weight excluding hydrogens is 244 g/mol. The van der Waals surface area contributed by atoms with Gasteiger partial charge in [0.05, 0.1) is 5.41 Å². The Balaban J connectivity index is 1.94. The summed E-state index contributed by atoms with van der Waals surface area (Å²) >= 11 is 0. The maximum absolute atomic E-state index is 12.4. The second-order valence-corrected chi connectivity index (χ2v) is 5.81. The number of rotatable bonds is 4. The van der Waals surface area contributed by atoms with Crippen LogP contribution in [0.5, 0.6) is 0 Å². The molecule has 5 heteroatoms. The minimum Gasteiger partial charge on any atom is -0.481 e. The van der Waals surface area contributed by atoms with Crippen LogP contribution in [0.4, 0.5) is 4.79 Å². The van der Waals surface area contributed by atoms with E-state index in [1.54, 1.807) is 17.9 Å². The lowest BCUT2D eigenvalue weighted by Gasteiger charge is -2.38. The van der Waals surface area contributed by atoms with E-state index in [9.17, 15) is 14.7 Å². The standard InChI is InChI=1S/C14H22N2O3/c1-3-8-16(11-4-5-11)13(19)15-9-6-14(2,7-10-15)12(17)18/h3,11H,1,4-10H2,2H3,(H,17,18). The van der Waals surface area contributed by atoms with Crippen LogP contribution in [0.2, 0.25) is 0 Å². The van der Waals surface area contributed by atoms with Crippen LogP contribution in [0.15, 0.2) is 12.7 Å². The topological polar surface area (TPSA) is 60.9 Å². The second kappa shape index (κ2) is 5.23. The number of carboxylic acid groups (broad SMARTS) is 1. The minimum atomic E-state index is -0.760. The zero-order chi connectivity index (χ0) is 14.0. The predicted octanol–water partition coefficient (Wildman–Crippen LogP) is 1.94. The van der Waals surface area contributed by atoms with Crippen molar-refractivity contribution in [1.29, 1.82) is 0 Å². The maximum atomic E-state index is 12.4. The molecule has 1 N–H and O–H groups in total. The number of likely N-dealkylation sites (tertiary alicyclic amines) is 1. The average Bonchev–Trinajstić information content (AvgIpc) is 3.20. The van der Waals surface area contributed by atoms with Gasteiger partial charge < -0.3 is 14.9 Å². The molecule has 1 aliphatic carbocycles. The lowest BCUT2D eigenvalue weighted by Crippen LogP contribution is -2.50. The van der Waals surface area contributed by atoms with Crippen LogP contribution < -0.4 is 0 Å². The van der Waals surface area contributed by atoms with Crippen LogP contribution >= 0.6 is 0 Å². The summed E-state index contributed by atoms with van der Waals surface area (Å²) in [6.45, 7) is 7.10. The van der Waals surface area contributed by atoms with Crippen molar-refractivity contribution < 1.29 is 14.7 Å². The van der Waals surface area contributed by atoms with E-state index in [-0.39, 0.29) is 6.03 Å². The van der Waals surface area contributed by atoms with E-state index in [0.717, 1.165) is 12.8 Å². The summed E-state index contributed by atoms with van der Waals surface area (Å²) in [4.78, 5) is 27.2. The lowest BCUT2D eigenvalue weighted by molar-refractivity contribution is -0.150. The third kappa shape index (κ3) is 2.91. The number of hydrogen-bond acceptors (Lipinski definition) is 2. The highest BCUT2D eigenvalue weighted by atomic mass is 16.4. The molecule has 1 aliphatic heterocycles. The molecule has 0 bridgehead atoms. The van der Waals surface area contributed by atoms with Crippen molar-refractivity contribution in [1.82, 2.24) is 9.80 Å². The minimum absolute atomic E-state index is 0.0369. The van der Waals surface area contributed by atoms with Crippen LogP contribution in [-0.2, 0) is 4.79 Å². The summed E-state index contributed by atoms with van der Waals surface area (Å²) in [6.07, 6.45) is 4.95. The Morgan fingerprint density at radius 1 is 1.42 bits per heavy atom. The van der Waals surface area contributed by atoms with Gasteiger partial charge in [-0.05, 0) is 32.6 Å². The maximum Gasteiger partial charge on any atom is 0.320 e. The number of carbonyl (C=O) groups is 2. The van der Waals surface area contributed by atoms with Crippen LogP contribution in [0.3, 0.4) is 0 Å². The van der Waals surface area contributed by atoms with Gasteiger partial charge >= 0.3 is 12.0 Å². The fourth-order valence-electron chi connectivity index (χ4n) is 2.50. The van der Waals surface area contributed by atoms with Crippen LogP contribution in [0, 0.1) is 5.41 Å². The number of aliphatic carboxylic acids is 1. The van der Waals surface area contributed by atoms with Gasteiger partial charge in [-0.15, -0.1) is 6.58 Å². The molecule has 2 aliphatic rings. The number of piperidine rings is 1. The monoisotopic (exact) mass is 266 g/mol. The molecule has 2 fully saturated rings. The van der Waals surface area contributed by atoms with E-state index < -0.39 is 11.4 Å². The Bertz CT molecular complexity index is 382. The predicted molar refractivity (Wildman–Crippen MR) is 71.9 cm³/mol. The molecule has 0 radical (unpaired) electrons. The summed E-state index contributed by atoms with van der Waals surface area (Å²) in [5, 5.41) is 9.19. The highest BCUT2D eigenvalue weighted by molar-refractivity contribution is 5.77. The van der Waals surface area contributed by atoms with Crippen LogP contribution in [-0.4, -0.2) is 52.6 Å². The lowest BCUT2D eigenvalue weighted by atomic mass is 9.80. The Labute approximate surface area is 113 Å². The average molecular weight is 266 g/mol. The highest BCUT2D eigenvalue weighted by Crippen LogP contribution is 2.33. The van der Waals surface area contributed by atoms with Gasteiger partial charge in [-0.1, -0.05) is 6.08 Å². The highest BCUT2D eigenvalue weighted by Gasteiger charge is 2.40. The van der Waals surface area contributed by atoms with E-state index in [1.807, 2.05) is 4.90 Å². The SMILES string of the molecule is C=CCN(C(=O)N1CCC(C)(C(=O)O)CC1)C1CC1. The van der Waals surface area contributed by atoms with Gasteiger partial charge in [-0.25, -0.2) is 4.79 Å². The number of urea groups is 1. The molecule has 2 amide bonds. The number of nitrogens with zero attached hydrogens (tertiary/aromatic N) is 2. The summed E-state index contributed by atoms with van der Waals surface area (Å²) in [6, 6.07) is 0.396. The number of carboxylic acids is 1. The molecule has 2 rings (SSSR count). The van der Waals surface area contributed by atoms with Gasteiger partial charge in [0.2, 0.25) is 0 Å². The van der Waals surface area contributed by atoms with Crippen molar-refractivity contribution >= 4 is 12.0 Å². The van der Waals surface area contributed by atoms with Gasteiger partial charge in [0.25, 0.3) is 0 Å². The first-order valence-electron chi connectivity index (χ1n) is 6.88. The van der Waals surface area contributed by atoms with E-state index in [0.29, 0.717) is 38.5 Å². The molecule has 1 saturated heterocycles. The molecule has 0 atom stereocenters. The summed E-state index contributed by atoms with van der Waals surface area (Å²) in [5.74, 6) is -0.760.